The van der Waals surface area contributed by atoms with Crippen LogP contribution in [0.15, 0.2) is 30.4 Å². The number of hydrogen-bond donors (Lipinski definition) is 0. The molecular formula is C21H25NO8. The molecule has 1 atom stereocenters. The van der Waals surface area contributed by atoms with Crippen molar-refractivity contribution in [2.24, 2.45) is 0 Å². The van der Waals surface area contributed by atoms with Gasteiger partial charge in [0.25, 0.3) is 0 Å². The van der Waals surface area contributed by atoms with Crippen LogP contribution in [0.5, 0.6) is 5.75 Å². The summed E-state index contributed by atoms with van der Waals surface area (Å²) >= 11 is 0. The molecule has 1 unspecified atom stereocenters. The Kier molecular flexibility index (Phi) is 7.20. The molecular weight excluding hydrogens is 394 g/mol. The summed E-state index contributed by atoms with van der Waals surface area (Å²) in [7, 11) is 2.62. The number of ether oxygens (including phenoxy) is 4. The molecule has 162 valence electrons. The van der Waals surface area contributed by atoms with Crippen molar-refractivity contribution in [2.45, 2.75) is 32.2 Å². The van der Waals surface area contributed by atoms with Crippen molar-refractivity contribution in [3.63, 3.8) is 0 Å². The van der Waals surface area contributed by atoms with E-state index in [9.17, 15) is 19.2 Å². The van der Waals surface area contributed by atoms with Gasteiger partial charge in [-0.15, -0.1) is 0 Å². The number of rotatable bonds is 7. The molecule has 9 heteroatoms. The van der Waals surface area contributed by atoms with Gasteiger partial charge in [-0.25, -0.2) is 4.79 Å². The minimum Gasteiger partial charge on any atom is -0.497 e. The summed E-state index contributed by atoms with van der Waals surface area (Å²) < 4.78 is 20.4. The number of nitrogens with zero attached hydrogens (tertiary/aromatic N) is 1. The molecule has 0 aliphatic carbocycles. The summed E-state index contributed by atoms with van der Waals surface area (Å²) in [4.78, 5) is 52.2. The van der Waals surface area contributed by atoms with Crippen LogP contribution in [0.3, 0.4) is 0 Å². The van der Waals surface area contributed by atoms with Crippen molar-refractivity contribution in [2.75, 3.05) is 32.3 Å². The van der Waals surface area contributed by atoms with Gasteiger partial charge in [0.05, 0.1) is 33.5 Å². The zero-order valence-electron chi connectivity index (χ0n) is 17.6. The fourth-order valence-electron chi connectivity index (χ4n) is 3.54. The molecule has 0 fully saturated rings. The highest BCUT2D eigenvalue weighted by molar-refractivity contribution is 6.15. The van der Waals surface area contributed by atoms with Gasteiger partial charge in [-0.1, -0.05) is 6.08 Å². The predicted molar refractivity (Wildman–Crippen MR) is 106 cm³/mol. The molecule has 1 aromatic carbocycles. The second-order valence-electron chi connectivity index (χ2n) is 6.35. The first-order valence-electron chi connectivity index (χ1n) is 9.38. The number of esters is 3. The molecule has 0 saturated carbocycles. The van der Waals surface area contributed by atoms with Crippen LogP contribution >= 0.6 is 0 Å². The second-order valence-corrected chi connectivity index (χ2v) is 6.35. The molecule has 0 saturated heterocycles. The molecule has 2 rings (SSSR count). The highest BCUT2D eigenvalue weighted by atomic mass is 16.6. The summed E-state index contributed by atoms with van der Waals surface area (Å²) in [5.41, 5.74) is -1.55. The summed E-state index contributed by atoms with van der Waals surface area (Å²) in [6.45, 7) is 4.47. The number of amides is 1. The Balaban J connectivity index is 2.90. The SMILES string of the molecule is CCOC(=O)C1(C(=O)OCC)c2cc(OC)ccc2N(C(C)=O)C1/C=C/C(=O)OC. The van der Waals surface area contributed by atoms with Crippen molar-refractivity contribution in [3.8, 4) is 5.75 Å². The van der Waals surface area contributed by atoms with Gasteiger partial charge in [0.1, 0.15) is 5.75 Å². The average molecular weight is 419 g/mol. The van der Waals surface area contributed by atoms with Crippen LogP contribution in [0.4, 0.5) is 5.69 Å². The van der Waals surface area contributed by atoms with E-state index in [1.54, 1.807) is 26.0 Å². The molecule has 30 heavy (non-hydrogen) atoms. The standard InChI is InChI=1S/C21H25NO8/c1-6-29-19(25)21(20(26)30-7-2)15-12-14(27-4)8-9-16(15)22(13(3)23)17(21)10-11-18(24)28-5/h8-12,17H,6-7H2,1-5H3/b11-10+. The van der Waals surface area contributed by atoms with Crippen molar-refractivity contribution in [1.29, 1.82) is 0 Å². The van der Waals surface area contributed by atoms with Gasteiger partial charge < -0.3 is 23.8 Å². The largest absolute Gasteiger partial charge is 0.497 e. The van der Waals surface area contributed by atoms with Gasteiger partial charge in [0, 0.05) is 24.3 Å². The Morgan fingerprint density at radius 1 is 1.07 bits per heavy atom. The minimum absolute atomic E-state index is 0.00715. The van der Waals surface area contributed by atoms with E-state index in [1.165, 1.54) is 38.2 Å². The van der Waals surface area contributed by atoms with E-state index in [4.69, 9.17) is 14.2 Å². The van der Waals surface area contributed by atoms with E-state index in [1.807, 2.05) is 0 Å². The third-order valence-electron chi connectivity index (χ3n) is 4.76. The average Bonchev–Trinajstić information content (AvgIpc) is 3.02. The maximum absolute atomic E-state index is 13.3. The Morgan fingerprint density at radius 2 is 1.67 bits per heavy atom. The smallest absolute Gasteiger partial charge is 0.330 e. The first-order valence-corrected chi connectivity index (χ1v) is 9.38. The molecule has 0 aromatic heterocycles. The highest BCUT2D eigenvalue weighted by Gasteiger charge is 2.64. The van der Waals surface area contributed by atoms with Gasteiger partial charge in [0.15, 0.2) is 0 Å². The quantitative estimate of drug-likeness (QED) is 0.283. The van der Waals surface area contributed by atoms with E-state index in [0.29, 0.717) is 11.4 Å². The summed E-state index contributed by atoms with van der Waals surface area (Å²) in [6.07, 6.45) is 2.32. The van der Waals surface area contributed by atoms with Crippen LogP contribution in [0.1, 0.15) is 26.3 Å². The fraction of sp³-hybridized carbons (Fsp3) is 0.429. The zero-order chi connectivity index (χ0) is 22.5. The van der Waals surface area contributed by atoms with E-state index >= 15 is 0 Å². The Morgan fingerprint density at radius 3 is 2.13 bits per heavy atom. The third-order valence-corrected chi connectivity index (χ3v) is 4.76. The number of carbonyl (C=O) groups is 4. The van der Waals surface area contributed by atoms with Crippen molar-refractivity contribution < 1.29 is 38.1 Å². The number of hydrogen-bond acceptors (Lipinski definition) is 8. The van der Waals surface area contributed by atoms with E-state index < -0.39 is 35.3 Å². The maximum atomic E-state index is 13.3. The van der Waals surface area contributed by atoms with Crippen LogP contribution < -0.4 is 9.64 Å². The van der Waals surface area contributed by atoms with E-state index in [2.05, 4.69) is 4.74 Å². The van der Waals surface area contributed by atoms with Gasteiger partial charge in [-0.2, -0.15) is 0 Å². The molecule has 1 amide bonds. The number of anilines is 1. The van der Waals surface area contributed by atoms with Crippen LogP contribution in [0.2, 0.25) is 0 Å². The van der Waals surface area contributed by atoms with Crippen LogP contribution in [0.25, 0.3) is 0 Å². The molecule has 1 aliphatic rings. The normalized spacial score (nSPS) is 16.7. The maximum Gasteiger partial charge on any atom is 0.330 e. The van der Waals surface area contributed by atoms with Crippen molar-refractivity contribution in [1.82, 2.24) is 0 Å². The van der Waals surface area contributed by atoms with Crippen molar-refractivity contribution >= 4 is 29.5 Å². The molecule has 0 radical (unpaired) electrons. The zero-order valence-corrected chi connectivity index (χ0v) is 17.6. The highest BCUT2D eigenvalue weighted by Crippen LogP contribution is 2.49. The van der Waals surface area contributed by atoms with Gasteiger partial charge >= 0.3 is 17.9 Å². The summed E-state index contributed by atoms with van der Waals surface area (Å²) in [6, 6.07) is 3.44. The molecule has 9 nitrogen and oxygen atoms in total. The van der Waals surface area contributed by atoms with Crippen LogP contribution in [-0.2, 0) is 38.8 Å². The summed E-state index contributed by atoms with van der Waals surface area (Å²) in [5.74, 6) is -2.60. The van der Waals surface area contributed by atoms with E-state index in [0.717, 1.165) is 6.08 Å². The third kappa shape index (κ3) is 3.74. The lowest BCUT2D eigenvalue weighted by Crippen LogP contribution is -2.56. The topological polar surface area (TPSA) is 108 Å². The molecule has 1 aromatic rings. The monoisotopic (exact) mass is 419 g/mol. The lowest BCUT2D eigenvalue weighted by atomic mass is 9.76. The number of fused-ring (bicyclic) bond motifs is 1. The number of benzene rings is 1. The lowest BCUT2D eigenvalue weighted by molar-refractivity contribution is -0.165. The minimum atomic E-state index is -2.05. The molecule has 0 bridgehead atoms. The summed E-state index contributed by atoms with van der Waals surface area (Å²) in [5, 5.41) is 0. The van der Waals surface area contributed by atoms with Crippen molar-refractivity contribution in [3.05, 3.63) is 35.9 Å². The fourth-order valence-corrected chi connectivity index (χ4v) is 3.54. The first-order chi connectivity index (χ1) is 14.3. The number of carbonyl (C=O) groups excluding carboxylic acids is 4. The van der Waals surface area contributed by atoms with Gasteiger partial charge in [-0.05, 0) is 32.0 Å². The molecule has 1 aliphatic heterocycles. The Hall–Kier alpha value is -3.36. The van der Waals surface area contributed by atoms with E-state index in [-0.39, 0.29) is 18.8 Å². The Labute approximate surface area is 174 Å². The van der Waals surface area contributed by atoms with Gasteiger partial charge in [-0.3, -0.25) is 14.4 Å². The van der Waals surface area contributed by atoms with Gasteiger partial charge in [0.2, 0.25) is 11.3 Å². The first kappa shape index (κ1) is 22.9. The molecule has 1 heterocycles. The predicted octanol–water partition coefficient (Wildman–Crippen LogP) is 1.52. The van der Waals surface area contributed by atoms with Crippen LogP contribution in [-0.4, -0.2) is 57.3 Å². The Bertz CT molecular complexity index is 858. The van der Waals surface area contributed by atoms with Crippen LogP contribution in [0, 0.1) is 0 Å². The second kappa shape index (κ2) is 9.43. The lowest BCUT2D eigenvalue weighted by Gasteiger charge is -2.32. The molecule has 0 N–H and O–H groups in total. The number of methoxy groups -OCH3 is 2. The molecule has 0 spiro atoms.